The fraction of sp³-hybridized carbons (Fsp3) is 0.750. The second kappa shape index (κ2) is 5.03. The highest BCUT2D eigenvalue weighted by Gasteiger charge is 2.58. The highest BCUT2D eigenvalue weighted by molar-refractivity contribution is 5.87. The molecule has 0 amide bonds. The second-order valence-electron chi connectivity index (χ2n) is 8.50. The van der Waals surface area contributed by atoms with E-state index >= 15 is 0 Å². The van der Waals surface area contributed by atoms with Crippen LogP contribution in [0, 0.1) is 29.1 Å². The molecule has 126 valence electrons. The van der Waals surface area contributed by atoms with Crippen LogP contribution < -0.4 is 0 Å². The van der Waals surface area contributed by atoms with Gasteiger partial charge in [0.25, 0.3) is 0 Å². The molecular weight excluding hydrogens is 288 g/mol. The van der Waals surface area contributed by atoms with E-state index < -0.39 is 5.79 Å². The predicted octanol–water partition coefficient (Wildman–Crippen LogP) is 3.37. The molecule has 0 heterocycles. The summed E-state index contributed by atoms with van der Waals surface area (Å²) in [6.45, 7) is 4.47. The molecule has 0 saturated heterocycles. The average Bonchev–Trinajstić information content (AvgIpc) is 2.80. The molecule has 0 radical (unpaired) electrons. The molecule has 2 N–H and O–H groups in total. The first-order chi connectivity index (χ1) is 10.9. The molecule has 3 saturated carbocycles. The largest absolute Gasteiger partial charge is 0.362 e. The van der Waals surface area contributed by atoms with Crippen LogP contribution in [0.5, 0.6) is 0 Å². The van der Waals surface area contributed by atoms with Crippen molar-refractivity contribution in [3.05, 3.63) is 23.3 Å². The lowest BCUT2D eigenvalue weighted by Gasteiger charge is -2.53. The minimum atomic E-state index is -1.67. The summed E-state index contributed by atoms with van der Waals surface area (Å²) in [5.41, 5.74) is 2.41. The fourth-order valence-electron chi connectivity index (χ4n) is 6.29. The summed E-state index contributed by atoms with van der Waals surface area (Å²) < 4.78 is 0. The van der Waals surface area contributed by atoms with E-state index in [0.717, 1.165) is 44.1 Å². The van der Waals surface area contributed by atoms with Gasteiger partial charge >= 0.3 is 0 Å². The van der Waals surface area contributed by atoms with Crippen molar-refractivity contribution in [3.8, 4) is 0 Å². The van der Waals surface area contributed by atoms with E-state index in [1.54, 1.807) is 6.08 Å². The molecular formula is C20H28O3. The third kappa shape index (κ3) is 2.20. The molecule has 0 aromatic heterocycles. The third-order valence-corrected chi connectivity index (χ3v) is 7.34. The summed E-state index contributed by atoms with van der Waals surface area (Å²) in [5.74, 6) is 1.00. The Morgan fingerprint density at radius 1 is 1.26 bits per heavy atom. The van der Waals surface area contributed by atoms with E-state index in [-0.39, 0.29) is 5.41 Å². The molecule has 4 aliphatic rings. The van der Waals surface area contributed by atoms with Crippen molar-refractivity contribution in [1.29, 1.82) is 0 Å². The lowest BCUT2D eigenvalue weighted by Crippen LogP contribution is -2.48. The van der Waals surface area contributed by atoms with Gasteiger partial charge in [0.2, 0.25) is 0 Å². The Hall–Kier alpha value is -0.930. The molecule has 0 spiro atoms. The summed E-state index contributed by atoms with van der Waals surface area (Å²) in [5, 5.41) is 19.9. The minimum absolute atomic E-state index is 0.101. The van der Waals surface area contributed by atoms with Crippen LogP contribution in [0.2, 0.25) is 0 Å². The number of hydrogen-bond acceptors (Lipinski definition) is 3. The molecule has 0 aromatic rings. The van der Waals surface area contributed by atoms with E-state index in [9.17, 15) is 15.0 Å². The zero-order valence-corrected chi connectivity index (χ0v) is 14.2. The van der Waals surface area contributed by atoms with Crippen molar-refractivity contribution in [2.24, 2.45) is 29.1 Å². The van der Waals surface area contributed by atoms with E-state index in [0.29, 0.717) is 35.9 Å². The molecule has 4 aliphatic carbocycles. The van der Waals surface area contributed by atoms with Gasteiger partial charge in [-0.15, -0.1) is 0 Å². The van der Waals surface area contributed by atoms with Gasteiger partial charge in [0.05, 0.1) is 0 Å². The predicted molar refractivity (Wildman–Crippen MR) is 88.4 cm³/mol. The summed E-state index contributed by atoms with van der Waals surface area (Å²) >= 11 is 0. The van der Waals surface area contributed by atoms with Crippen LogP contribution >= 0.6 is 0 Å². The number of fused-ring (bicyclic) bond motifs is 5. The number of hydrogen-bond donors (Lipinski definition) is 2. The molecule has 0 bridgehead atoms. The quantitative estimate of drug-likeness (QED) is 0.729. The van der Waals surface area contributed by atoms with Gasteiger partial charge in [-0.1, -0.05) is 26.3 Å². The van der Waals surface area contributed by atoms with Gasteiger partial charge in [0, 0.05) is 18.3 Å². The first-order valence-electron chi connectivity index (χ1n) is 9.26. The Morgan fingerprint density at radius 2 is 2.04 bits per heavy atom. The topological polar surface area (TPSA) is 57.5 Å². The number of ketones is 1. The number of aliphatic hydroxyl groups is 2. The van der Waals surface area contributed by atoms with Crippen molar-refractivity contribution in [2.45, 2.75) is 64.6 Å². The van der Waals surface area contributed by atoms with Gasteiger partial charge in [0.1, 0.15) is 5.78 Å². The van der Waals surface area contributed by atoms with Crippen LogP contribution in [-0.4, -0.2) is 21.8 Å². The lowest BCUT2D eigenvalue weighted by atomic mass is 9.50. The number of carbonyl (C=O) groups excluding carboxylic acids is 1. The Bertz CT molecular complexity index is 600. The summed E-state index contributed by atoms with van der Waals surface area (Å²) in [6.07, 6.45) is 10.0. The van der Waals surface area contributed by atoms with Crippen LogP contribution in [0.3, 0.4) is 0 Å². The summed E-state index contributed by atoms with van der Waals surface area (Å²) in [4.78, 5) is 12.5. The van der Waals surface area contributed by atoms with Crippen LogP contribution in [0.25, 0.3) is 0 Å². The van der Waals surface area contributed by atoms with Gasteiger partial charge in [-0.25, -0.2) is 0 Å². The maximum absolute atomic E-state index is 12.5. The maximum atomic E-state index is 12.5. The van der Waals surface area contributed by atoms with Gasteiger partial charge < -0.3 is 10.2 Å². The van der Waals surface area contributed by atoms with E-state index in [4.69, 9.17) is 0 Å². The molecule has 5 atom stereocenters. The number of rotatable bonds is 1. The first kappa shape index (κ1) is 15.6. The van der Waals surface area contributed by atoms with E-state index in [1.807, 2.05) is 0 Å². The first-order valence-corrected chi connectivity index (χ1v) is 9.26. The van der Waals surface area contributed by atoms with Crippen LogP contribution in [-0.2, 0) is 4.79 Å². The van der Waals surface area contributed by atoms with Crippen molar-refractivity contribution in [2.75, 3.05) is 0 Å². The maximum Gasteiger partial charge on any atom is 0.186 e. The molecule has 3 fully saturated rings. The van der Waals surface area contributed by atoms with Gasteiger partial charge in [-0.3, -0.25) is 4.79 Å². The molecule has 0 aliphatic heterocycles. The Kier molecular flexibility index (Phi) is 3.41. The Labute approximate surface area is 138 Å². The van der Waals surface area contributed by atoms with Gasteiger partial charge in [-0.2, -0.15) is 0 Å². The van der Waals surface area contributed by atoms with Crippen LogP contribution in [0.4, 0.5) is 0 Å². The highest BCUT2D eigenvalue weighted by Crippen LogP contribution is 2.62. The Balaban J connectivity index is 1.73. The van der Waals surface area contributed by atoms with Crippen molar-refractivity contribution < 1.29 is 15.0 Å². The van der Waals surface area contributed by atoms with Crippen molar-refractivity contribution in [1.82, 2.24) is 0 Å². The second-order valence-corrected chi connectivity index (χ2v) is 8.50. The fourth-order valence-corrected chi connectivity index (χ4v) is 6.29. The van der Waals surface area contributed by atoms with Crippen LogP contribution in [0.1, 0.15) is 58.8 Å². The minimum Gasteiger partial charge on any atom is -0.362 e. The van der Waals surface area contributed by atoms with Crippen molar-refractivity contribution >= 4 is 5.78 Å². The monoisotopic (exact) mass is 316 g/mol. The normalized spacial score (nSPS) is 44.8. The zero-order chi connectivity index (χ0) is 16.4. The highest BCUT2D eigenvalue weighted by atomic mass is 16.5. The number of Topliss-reactive ketones (excluding diaryl/α,β-unsaturated/α-hetero) is 1. The van der Waals surface area contributed by atoms with Crippen LogP contribution in [0.15, 0.2) is 23.3 Å². The molecule has 3 heteroatoms. The summed E-state index contributed by atoms with van der Waals surface area (Å²) in [7, 11) is 0. The molecule has 3 nitrogen and oxygen atoms in total. The molecule has 4 rings (SSSR count). The van der Waals surface area contributed by atoms with E-state index in [1.165, 1.54) is 5.57 Å². The van der Waals surface area contributed by atoms with E-state index in [2.05, 4.69) is 19.9 Å². The van der Waals surface area contributed by atoms with Gasteiger partial charge in [-0.05, 0) is 66.6 Å². The third-order valence-electron chi connectivity index (χ3n) is 7.34. The SMILES string of the molecule is CC[C@H]1C[C@]2(C)C(=O)CC[C@H]2[C@@H]2CCC3=CC(O)(O)CC=C3[C@@H]12. The molecule has 0 aromatic carbocycles. The standard InChI is InChI=1S/C20H28O3/c1-3-12-10-19(2)16(6-7-17(19)21)15-5-4-13-11-20(22,23)9-8-14(13)18(12)15/h8,11-12,15-16,18,22-23H,3-7,9-10H2,1-2H3/t12-,15-,16-,18+,19-/m0/s1. The smallest absolute Gasteiger partial charge is 0.186 e. The average molecular weight is 316 g/mol. The molecule has 23 heavy (non-hydrogen) atoms. The van der Waals surface area contributed by atoms with Crippen molar-refractivity contribution in [3.63, 3.8) is 0 Å². The molecule has 0 unspecified atom stereocenters. The lowest BCUT2D eigenvalue weighted by molar-refractivity contribution is -0.132. The summed E-state index contributed by atoms with van der Waals surface area (Å²) in [6, 6.07) is 0. The number of allylic oxidation sites excluding steroid dienone is 2. The number of carbonyl (C=O) groups is 1. The zero-order valence-electron chi connectivity index (χ0n) is 14.2. The van der Waals surface area contributed by atoms with Gasteiger partial charge in [0.15, 0.2) is 5.79 Å². The Morgan fingerprint density at radius 3 is 2.78 bits per heavy atom.